The molecule has 30 heavy (non-hydrogen) atoms. The van der Waals surface area contributed by atoms with Gasteiger partial charge in [0.15, 0.2) is 0 Å². The molecule has 2 amide bonds. The first kappa shape index (κ1) is 22.0. The summed E-state index contributed by atoms with van der Waals surface area (Å²) in [7, 11) is 0. The Hall–Kier alpha value is -2.67. The van der Waals surface area contributed by atoms with Gasteiger partial charge < -0.3 is 15.0 Å². The van der Waals surface area contributed by atoms with Gasteiger partial charge in [-0.15, -0.1) is 11.3 Å². The summed E-state index contributed by atoms with van der Waals surface area (Å²) in [6.45, 7) is 3.64. The smallest absolute Gasteiger partial charge is 0.309 e. The van der Waals surface area contributed by atoms with Crippen molar-refractivity contribution in [1.82, 2.24) is 10.2 Å². The molecule has 1 aromatic heterocycles. The number of piperidine rings is 1. The fourth-order valence-corrected chi connectivity index (χ4v) is 4.13. The van der Waals surface area contributed by atoms with Crippen LogP contribution in [0.3, 0.4) is 0 Å². The molecule has 3 rings (SSSR count). The number of hydrogen-bond acceptors (Lipinski definition) is 5. The number of nitrogens with one attached hydrogen (secondary N) is 1. The number of amides is 2. The van der Waals surface area contributed by atoms with Crippen LogP contribution < -0.4 is 5.32 Å². The highest BCUT2D eigenvalue weighted by Crippen LogP contribution is 2.21. The fourth-order valence-electron chi connectivity index (χ4n) is 3.44. The summed E-state index contributed by atoms with van der Waals surface area (Å²) in [5.41, 5.74) is 2.33. The number of benzene rings is 1. The Labute approximate surface area is 181 Å². The van der Waals surface area contributed by atoms with Crippen LogP contribution in [0.5, 0.6) is 0 Å². The molecule has 0 aliphatic carbocycles. The van der Waals surface area contributed by atoms with E-state index in [1.807, 2.05) is 48.7 Å². The number of nitrogens with zero attached hydrogens (tertiary/aromatic N) is 1. The van der Waals surface area contributed by atoms with Crippen molar-refractivity contribution in [1.29, 1.82) is 0 Å². The Bertz CT molecular complexity index is 841. The molecule has 1 saturated heterocycles. The maximum absolute atomic E-state index is 12.4. The molecular weight excluding hydrogens is 400 g/mol. The maximum atomic E-state index is 12.4. The zero-order chi connectivity index (χ0) is 21.3. The van der Waals surface area contributed by atoms with E-state index in [1.54, 1.807) is 4.90 Å². The Balaban J connectivity index is 1.28. The highest BCUT2D eigenvalue weighted by Gasteiger charge is 2.29. The fraction of sp³-hybridized carbons (Fsp3) is 0.435. The topological polar surface area (TPSA) is 75.7 Å². The zero-order valence-electron chi connectivity index (χ0n) is 17.3. The van der Waals surface area contributed by atoms with Gasteiger partial charge >= 0.3 is 5.97 Å². The molecule has 1 aromatic carbocycles. The minimum absolute atomic E-state index is 0.0326. The molecule has 0 saturated carbocycles. The normalized spacial score (nSPS) is 14.4. The molecule has 0 atom stereocenters. The molecule has 6 nitrogen and oxygen atoms in total. The van der Waals surface area contributed by atoms with Crippen molar-refractivity contribution in [2.24, 2.45) is 5.92 Å². The third-order valence-corrected chi connectivity index (χ3v) is 6.14. The van der Waals surface area contributed by atoms with Crippen molar-refractivity contribution in [2.45, 2.75) is 32.6 Å². The SMILES string of the molecule is Cc1ccc(CCC(=O)NCCOC(=O)C2CCN(C(=O)c3cccs3)CC2)cc1. The quantitative estimate of drug-likeness (QED) is 0.518. The molecule has 2 heterocycles. The van der Waals surface area contributed by atoms with E-state index in [9.17, 15) is 14.4 Å². The number of ether oxygens (including phenoxy) is 1. The lowest BCUT2D eigenvalue weighted by Gasteiger charge is -2.30. The Kier molecular flexibility index (Phi) is 8.02. The van der Waals surface area contributed by atoms with Gasteiger partial charge in [-0.05, 0) is 43.2 Å². The minimum atomic E-state index is -0.243. The third-order valence-electron chi connectivity index (χ3n) is 5.28. The van der Waals surface area contributed by atoms with E-state index in [0.29, 0.717) is 45.3 Å². The van der Waals surface area contributed by atoms with Gasteiger partial charge in [0.25, 0.3) is 5.91 Å². The van der Waals surface area contributed by atoms with Crippen LogP contribution in [0.25, 0.3) is 0 Å². The van der Waals surface area contributed by atoms with Gasteiger partial charge in [0.05, 0.1) is 17.3 Å². The first-order chi connectivity index (χ1) is 14.5. The van der Waals surface area contributed by atoms with Crippen LogP contribution in [0, 0.1) is 12.8 Å². The molecule has 1 fully saturated rings. The molecule has 7 heteroatoms. The molecule has 1 aliphatic heterocycles. The van der Waals surface area contributed by atoms with E-state index in [1.165, 1.54) is 16.9 Å². The van der Waals surface area contributed by atoms with Crippen molar-refractivity contribution in [3.05, 3.63) is 57.8 Å². The second-order valence-electron chi connectivity index (χ2n) is 7.55. The number of rotatable bonds is 8. The first-order valence-electron chi connectivity index (χ1n) is 10.3. The van der Waals surface area contributed by atoms with Gasteiger partial charge in [0, 0.05) is 19.5 Å². The predicted molar refractivity (Wildman–Crippen MR) is 116 cm³/mol. The average Bonchev–Trinajstić information content (AvgIpc) is 3.31. The number of carbonyl (C=O) groups excluding carboxylic acids is 3. The van der Waals surface area contributed by atoms with Crippen molar-refractivity contribution in [2.75, 3.05) is 26.2 Å². The number of hydrogen-bond donors (Lipinski definition) is 1. The van der Waals surface area contributed by atoms with E-state index < -0.39 is 0 Å². The molecule has 0 spiro atoms. The van der Waals surface area contributed by atoms with Crippen LogP contribution in [-0.2, 0) is 20.7 Å². The molecule has 160 valence electrons. The summed E-state index contributed by atoms with van der Waals surface area (Å²) in [6.07, 6.45) is 2.32. The van der Waals surface area contributed by atoms with Gasteiger partial charge in [0.1, 0.15) is 6.61 Å². The van der Waals surface area contributed by atoms with Crippen molar-refractivity contribution in [3.63, 3.8) is 0 Å². The summed E-state index contributed by atoms with van der Waals surface area (Å²) in [5, 5.41) is 4.68. The standard InChI is InChI=1S/C23H28N2O4S/c1-17-4-6-18(7-5-17)8-9-21(26)24-12-15-29-23(28)19-10-13-25(14-11-19)22(27)20-3-2-16-30-20/h2-7,16,19H,8-15H2,1H3,(H,24,26). The molecule has 0 radical (unpaired) electrons. The summed E-state index contributed by atoms with van der Waals surface area (Å²) in [4.78, 5) is 39.1. The van der Waals surface area contributed by atoms with E-state index in [2.05, 4.69) is 5.32 Å². The number of thiophene rings is 1. The minimum Gasteiger partial charge on any atom is -0.464 e. The Morgan fingerprint density at radius 3 is 2.53 bits per heavy atom. The Morgan fingerprint density at radius 1 is 1.13 bits per heavy atom. The maximum Gasteiger partial charge on any atom is 0.309 e. The highest BCUT2D eigenvalue weighted by molar-refractivity contribution is 7.12. The third kappa shape index (κ3) is 6.42. The molecule has 0 bridgehead atoms. The van der Waals surface area contributed by atoms with E-state index in [-0.39, 0.29) is 30.3 Å². The molecule has 2 aromatic rings. The van der Waals surface area contributed by atoms with Crippen LogP contribution in [0.15, 0.2) is 41.8 Å². The largest absolute Gasteiger partial charge is 0.464 e. The van der Waals surface area contributed by atoms with Crippen LogP contribution >= 0.6 is 11.3 Å². The van der Waals surface area contributed by atoms with E-state index in [0.717, 1.165) is 10.4 Å². The van der Waals surface area contributed by atoms with Gasteiger partial charge in [-0.2, -0.15) is 0 Å². The summed E-state index contributed by atoms with van der Waals surface area (Å²) in [6, 6.07) is 11.8. The monoisotopic (exact) mass is 428 g/mol. The number of carbonyl (C=O) groups is 3. The predicted octanol–water partition coefficient (Wildman–Crippen LogP) is 3.20. The van der Waals surface area contributed by atoms with Crippen molar-refractivity contribution >= 4 is 29.1 Å². The number of esters is 1. The number of aryl methyl sites for hydroxylation is 2. The molecule has 1 N–H and O–H groups in total. The lowest BCUT2D eigenvalue weighted by atomic mass is 9.97. The Morgan fingerprint density at radius 2 is 1.87 bits per heavy atom. The highest BCUT2D eigenvalue weighted by atomic mass is 32.1. The summed E-state index contributed by atoms with van der Waals surface area (Å²) in [5.74, 6) is -0.445. The molecular formula is C23H28N2O4S. The van der Waals surface area contributed by atoms with Gasteiger partial charge in [0.2, 0.25) is 5.91 Å². The first-order valence-corrected chi connectivity index (χ1v) is 11.2. The van der Waals surface area contributed by atoms with Crippen molar-refractivity contribution in [3.8, 4) is 0 Å². The second-order valence-corrected chi connectivity index (χ2v) is 8.49. The van der Waals surface area contributed by atoms with Gasteiger partial charge in [-0.25, -0.2) is 0 Å². The lowest BCUT2D eigenvalue weighted by molar-refractivity contribution is -0.150. The molecule has 1 aliphatic rings. The average molecular weight is 429 g/mol. The van der Waals surface area contributed by atoms with E-state index >= 15 is 0 Å². The number of likely N-dealkylation sites (tertiary alicyclic amines) is 1. The second kappa shape index (κ2) is 10.9. The van der Waals surface area contributed by atoms with Crippen LogP contribution in [0.4, 0.5) is 0 Å². The van der Waals surface area contributed by atoms with Crippen LogP contribution in [-0.4, -0.2) is 48.9 Å². The van der Waals surface area contributed by atoms with E-state index in [4.69, 9.17) is 4.74 Å². The summed E-state index contributed by atoms with van der Waals surface area (Å²) < 4.78 is 5.32. The van der Waals surface area contributed by atoms with Crippen LogP contribution in [0.1, 0.15) is 40.1 Å². The lowest BCUT2D eigenvalue weighted by Crippen LogP contribution is -2.40. The van der Waals surface area contributed by atoms with Gasteiger partial charge in [-0.3, -0.25) is 14.4 Å². The zero-order valence-corrected chi connectivity index (χ0v) is 18.1. The summed E-state index contributed by atoms with van der Waals surface area (Å²) >= 11 is 1.43. The molecule has 0 unspecified atom stereocenters. The van der Waals surface area contributed by atoms with Crippen molar-refractivity contribution < 1.29 is 19.1 Å². The van der Waals surface area contributed by atoms with Gasteiger partial charge in [-0.1, -0.05) is 35.9 Å². The van der Waals surface area contributed by atoms with Crippen LogP contribution in [0.2, 0.25) is 0 Å².